The maximum absolute atomic E-state index is 12.8. The number of aryl methyl sites for hydroxylation is 2. The van der Waals surface area contributed by atoms with Crippen molar-refractivity contribution in [2.75, 3.05) is 5.75 Å². The third-order valence-corrected chi connectivity index (χ3v) is 3.90. The molecular weight excluding hydrogens is 287 g/mol. The minimum Gasteiger partial charge on any atom is -0.293 e. The highest BCUT2D eigenvalue weighted by molar-refractivity contribution is 8.00. The van der Waals surface area contributed by atoms with E-state index in [-0.39, 0.29) is 17.4 Å². The van der Waals surface area contributed by atoms with Crippen LogP contribution in [0.2, 0.25) is 0 Å². The van der Waals surface area contributed by atoms with Gasteiger partial charge in [0, 0.05) is 11.3 Å². The Kier molecular flexibility index (Phi) is 4.71. The average Bonchev–Trinajstić information content (AvgIpc) is 2.45. The first kappa shape index (κ1) is 15.2. The highest BCUT2D eigenvalue weighted by Gasteiger charge is 2.12. The fourth-order valence-corrected chi connectivity index (χ4v) is 2.89. The van der Waals surface area contributed by atoms with Gasteiger partial charge in [-0.3, -0.25) is 4.79 Å². The molecule has 106 valence electrons. The molecular formula is C16H13FN2OS. The second-order valence-electron chi connectivity index (χ2n) is 4.59. The van der Waals surface area contributed by atoms with E-state index >= 15 is 0 Å². The van der Waals surface area contributed by atoms with E-state index < -0.39 is 0 Å². The molecule has 1 heterocycles. The van der Waals surface area contributed by atoms with Gasteiger partial charge in [0.2, 0.25) is 0 Å². The molecule has 0 bridgehead atoms. The first-order valence-corrected chi connectivity index (χ1v) is 7.29. The van der Waals surface area contributed by atoms with Crippen molar-refractivity contribution < 1.29 is 9.18 Å². The summed E-state index contributed by atoms with van der Waals surface area (Å²) in [7, 11) is 0. The van der Waals surface area contributed by atoms with Crippen LogP contribution in [0.4, 0.5) is 4.39 Å². The van der Waals surface area contributed by atoms with Crippen LogP contribution < -0.4 is 0 Å². The van der Waals surface area contributed by atoms with E-state index in [4.69, 9.17) is 0 Å². The second-order valence-corrected chi connectivity index (χ2v) is 5.56. The van der Waals surface area contributed by atoms with E-state index in [1.54, 1.807) is 0 Å². The highest BCUT2D eigenvalue weighted by atomic mass is 32.2. The number of pyridine rings is 1. The Morgan fingerprint density at radius 1 is 1.33 bits per heavy atom. The molecule has 0 saturated heterocycles. The molecule has 5 heteroatoms. The van der Waals surface area contributed by atoms with Gasteiger partial charge in [-0.1, -0.05) is 11.8 Å². The van der Waals surface area contributed by atoms with Crippen LogP contribution >= 0.6 is 11.8 Å². The molecule has 1 aromatic heterocycles. The molecule has 0 aliphatic heterocycles. The van der Waals surface area contributed by atoms with Crippen LogP contribution in [0.5, 0.6) is 0 Å². The van der Waals surface area contributed by atoms with Gasteiger partial charge in [-0.2, -0.15) is 5.26 Å². The van der Waals surface area contributed by atoms with E-state index in [1.807, 2.05) is 19.9 Å². The summed E-state index contributed by atoms with van der Waals surface area (Å²) in [6.07, 6.45) is 0. The lowest BCUT2D eigenvalue weighted by atomic mass is 10.1. The number of Topliss-reactive ketones (excluding diaryl/α,β-unsaturated/α-hetero) is 1. The van der Waals surface area contributed by atoms with Crippen LogP contribution in [0.15, 0.2) is 35.4 Å². The number of halogens is 1. The standard InChI is InChI=1S/C16H13FN2OS/c1-10-7-11(2)19-16(14(10)8-18)21-9-15(20)12-3-5-13(17)6-4-12/h3-7H,9H2,1-2H3. The van der Waals surface area contributed by atoms with Crippen molar-refractivity contribution in [1.82, 2.24) is 4.98 Å². The summed E-state index contributed by atoms with van der Waals surface area (Å²) in [4.78, 5) is 16.4. The normalized spacial score (nSPS) is 10.2. The molecule has 2 rings (SSSR count). The fraction of sp³-hybridized carbons (Fsp3) is 0.188. The molecule has 21 heavy (non-hydrogen) atoms. The molecule has 0 amide bonds. The summed E-state index contributed by atoms with van der Waals surface area (Å²) in [5, 5.41) is 9.73. The maximum Gasteiger partial charge on any atom is 0.173 e. The van der Waals surface area contributed by atoms with Crippen LogP contribution in [0, 0.1) is 31.0 Å². The van der Waals surface area contributed by atoms with Gasteiger partial charge in [-0.05, 0) is 49.7 Å². The Balaban J connectivity index is 2.15. The summed E-state index contributed by atoms with van der Waals surface area (Å²) in [5.41, 5.74) is 2.61. The van der Waals surface area contributed by atoms with Crippen molar-refractivity contribution in [1.29, 1.82) is 5.26 Å². The molecule has 3 nitrogen and oxygen atoms in total. The minimum atomic E-state index is -0.373. The Labute approximate surface area is 126 Å². The van der Waals surface area contributed by atoms with Crippen molar-refractivity contribution in [2.45, 2.75) is 18.9 Å². The van der Waals surface area contributed by atoms with Gasteiger partial charge in [-0.15, -0.1) is 0 Å². The molecule has 0 spiro atoms. The monoisotopic (exact) mass is 300 g/mol. The van der Waals surface area contributed by atoms with Crippen LogP contribution in [0.25, 0.3) is 0 Å². The van der Waals surface area contributed by atoms with Gasteiger partial charge in [-0.25, -0.2) is 9.37 Å². The van der Waals surface area contributed by atoms with Crippen LogP contribution in [0.1, 0.15) is 27.2 Å². The number of carbonyl (C=O) groups is 1. The summed E-state index contributed by atoms with van der Waals surface area (Å²) in [5.74, 6) is -0.331. The van der Waals surface area contributed by atoms with Gasteiger partial charge < -0.3 is 0 Å². The molecule has 0 fully saturated rings. The van der Waals surface area contributed by atoms with Gasteiger partial charge in [0.25, 0.3) is 0 Å². The van der Waals surface area contributed by atoms with Gasteiger partial charge in [0.05, 0.1) is 11.3 Å². The van der Waals surface area contributed by atoms with E-state index in [2.05, 4.69) is 11.1 Å². The number of thioether (sulfide) groups is 1. The van der Waals surface area contributed by atoms with Crippen molar-refractivity contribution in [2.24, 2.45) is 0 Å². The van der Waals surface area contributed by atoms with Crippen LogP contribution in [-0.4, -0.2) is 16.5 Å². The number of benzene rings is 1. The van der Waals surface area contributed by atoms with Gasteiger partial charge in [0.1, 0.15) is 16.9 Å². The number of nitrogens with zero attached hydrogens (tertiary/aromatic N) is 2. The predicted molar refractivity (Wildman–Crippen MR) is 79.9 cm³/mol. The second kappa shape index (κ2) is 6.51. The molecule has 0 radical (unpaired) electrons. The molecule has 1 aromatic carbocycles. The number of hydrogen-bond donors (Lipinski definition) is 0. The summed E-state index contributed by atoms with van der Waals surface area (Å²) in [6, 6.07) is 9.38. The molecule has 0 saturated carbocycles. The lowest BCUT2D eigenvalue weighted by molar-refractivity contribution is 0.102. The first-order valence-electron chi connectivity index (χ1n) is 6.31. The SMILES string of the molecule is Cc1cc(C)c(C#N)c(SCC(=O)c2ccc(F)cc2)n1. The topological polar surface area (TPSA) is 53.8 Å². The van der Waals surface area contributed by atoms with Crippen molar-refractivity contribution in [3.63, 3.8) is 0 Å². The van der Waals surface area contributed by atoms with Crippen molar-refractivity contribution in [3.05, 3.63) is 58.5 Å². The molecule has 0 atom stereocenters. The highest BCUT2D eigenvalue weighted by Crippen LogP contribution is 2.24. The molecule has 0 aliphatic rings. The van der Waals surface area contributed by atoms with E-state index in [1.165, 1.54) is 36.0 Å². The largest absolute Gasteiger partial charge is 0.293 e. The Morgan fingerprint density at radius 2 is 2.00 bits per heavy atom. The number of aromatic nitrogens is 1. The van der Waals surface area contributed by atoms with Crippen molar-refractivity contribution in [3.8, 4) is 6.07 Å². The predicted octanol–water partition coefficient (Wildman–Crippen LogP) is 3.68. The number of ketones is 1. The lowest BCUT2D eigenvalue weighted by Crippen LogP contribution is -2.04. The number of rotatable bonds is 4. The van der Waals surface area contributed by atoms with Crippen molar-refractivity contribution >= 4 is 17.5 Å². The average molecular weight is 300 g/mol. The lowest BCUT2D eigenvalue weighted by Gasteiger charge is -2.07. The van der Waals surface area contributed by atoms with E-state index in [0.717, 1.165) is 11.3 Å². The maximum atomic E-state index is 12.8. The Bertz CT molecular complexity index is 720. The molecule has 0 aliphatic carbocycles. The number of hydrogen-bond acceptors (Lipinski definition) is 4. The third kappa shape index (κ3) is 3.67. The summed E-state index contributed by atoms with van der Waals surface area (Å²) in [6.45, 7) is 3.69. The number of nitriles is 1. The van der Waals surface area contributed by atoms with Gasteiger partial charge in [0.15, 0.2) is 5.78 Å². The zero-order valence-corrected chi connectivity index (χ0v) is 12.5. The quantitative estimate of drug-likeness (QED) is 0.638. The molecule has 0 N–H and O–H groups in total. The Morgan fingerprint density at radius 3 is 2.62 bits per heavy atom. The summed E-state index contributed by atoms with van der Waals surface area (Å²) < 4.78 is 12.8. The summed E-state index contributed by atoms with van der Waals surface area (Å²) >= 11 is 1.23. The zero-order valence-electron chi connectivity index (χ0n) is 11.7. The van der Waals surface area contributed by atoms with E-state index in [0.29, 0.717) is 16.2 Å². The van der Waals surface area contributed by atoms with E-state index in [9.17, 15) is 14.4 Å². The zero-order chi connectivity index (χ0) is 15.4. The fourth-order valence-electron chi connectivity index (χ4n) is 1.90. The smallest absolute Gasteiger partial charge is 0.173 e. The Hall–Kier alpha value is -2.19. The van der Waals surface area contributed by atoms with Crippen LogP contribution in [0.3, 0.4) is 0 Å². The molecule has 2 aromatic rings. The third-order valence-electron chi connectivity index (χ3n) is 2.93. The number of carbonyl (C=O) groups excluding carboxylic acids is 1. The molecule has 0 unspecified atom stereocenters. The first-order chi connectivity index (χ1) is 10.0. The van der Waals surface area contributed by atoms with Gasteiger partial charge >= 0.3 is 0 Å². The minimum absolute atomic E-state index is 0.121. The van der Waals surface area contributed by atoms with Crippen LogP contribution in [-0.2, 0) is 0 Å².